The molecule has 3 atom stereocenters. The first-order valence-corrected chi connectivity index (χ1v) is 6.68. The molecule has 6 nitrogen and oxygen atoms in total. The summed E-state index contributed by atoms with van der Waals surface area (Å²) in [5.74, 6) is -1.04. The Labute approximate surface area is 112 Å². The molecule has 1 amide bonds. The van der Waals surface area contributed by atoms with E-state index in [0.29, 0.717) is 32.6 Å². The van der Waals surface area contributed by atoms with Crippen molar-refractivity contribution in [1.29, 1.82) is 0 Å². The Bertz CT molecular complexity index is 368. The minimum Gasteiger partial charge on any atom is -0.481 e. The number of rotatable bonds is 4. The number of hydrogen-bond acceptors (Lipinski definition) is 4. The lowest BCUT2D eigenvalue weighted by Gasteiger charge is -2.33. The van der Waals surface area contributed by atoms with Gasteiger partial charge in [-0.25, -0.2) is 0 Å². The number of carboxylic acids is 1. The first kappa shape index (κ1) is 14.3. The van der Waals surface area contributed by atoms with Crippen molar-refractivity contribution in [3.8, 4) is 0 Å². The lowest BCUT2D eigenvalue weighted by Crippen LogP contribution is -2.45. The fourth-order valence-corrected chi connectivity index (χ4v) is 3.11. The summed E-state index contributed by atoms with van der Waals surface area (Å²) >= 11 is 0. The number of nitrogens with zero attached hydrogens (tertiary/aromatic N) is 1. The van der Waals surface area contributed by atoms with Crippen LogP contribution in [0.25, 0.3) is 0 Å². The van der Waals surface area contributed by atoms with Crippen molar-refractivity contribution in [2.45, 2.75) is 25.9 Å². The van der Waals surface area contributed by atoms with E-state index in [2.05, 4.69) is 0 Å². The van der Waals surface area contributed by atoms with Gasteiger partial charge in [-0.1, -0.05) is 6.92 Å². The predicted molar refractivity (Wildman–Crippen MR) is 66.7 cm³/mol. The molecule has 1 N–H and O–H groups in total. The van der Waals surface area contributed by atoms with E-state index < -0.39 is 17.5 Å². The lowest BCUT2D eigenvalue weighted by molar-refractivity contribution is -0.157. The maximum atomic E-state index is 12.3. The average Bonchev–Trinajstić information content (AvgIpc) is 2.80. The van der Waals surface area contributed by atoms with Gasteiger partial charge in [0.2, 0.25) is 0 Å². The Morgan fingerprint density at radius 1 is 1.58 bits per heavy atom. The van der Waals surface area contributed by atoms with Gasteiger partial charge < -0.3 is 19.5 Å². The summed E-state index contributed by atoms with van der Waals surface area (Å²) in [7, 11) is 1.51. The monoisotopic (exact) mass is 271 g/mol. The first-order valence-electron chi connectivity index (χ1n) is 6.68. The quantitative estimate of drug-likeness (QED) is 0.799. The van der Waals surface area contributed by atoms with Gasteiger partial charge in [0.25, 0.3) is 5.91 Å². The number of fused-ring (bicyclic) bond motifs is 1. The van der Waals surface area contributed by atoms with E-state index in [9.17, 15) is 14.7 Å². The van der Waals surface area contributed by atoms with Crippen LogP contribution in [-0.4, -0.2) is 61.4 Å². The Kier molecular flexibility index (Phi) is 4.10. The van der Waals surface area contributed by atoms with Crippen molar-refractivity contribution < 1.29 is 24.2 Å². The second kappa shape index (κ2) is 5.46. The van der Waals surface area contributed by atoms with Crippen molar-refractivity contribution in [1.82, 2.24) is 4.90 Å². The molecule has 2 aliphatic rings. The number of carbonyl (C=O) groups is 2. The molecule has 0 aromatic heterocycles. The van der Waals surface area contributed by atoms with Crippen LogP contribution in [0.2, 0.25) is 0 Å². The van der Waals surface area contributed by atoms with E-state index in [1.54, 1.807) is 4.90 Å². The molecule has 19 heavy (non-hydrogen) atoms. The highest BCUT2D eigenvalue weighted by atomic mass is 16.5. The van der Waals surface area contributed by atoms with E-state index in [1.165, 1.54) is 7.11 Å². The van der Waals surface area contributed by atoms with Gasteiger partial charge in [0.15, 0.2) is 0 Å². The summed E-state index contributed by atoms with van der Waals surface area (Å²) in [5.41, 5.74) is -0.833. The highest BCUT2D eigenvalue weighted by Gasteiger charge is 2.55. The number of carbonyl (C=O) groups excluding carboxylic acids is 1. The molecular formula is C13H21NO5. The molecule has 0 aromatic rings. The van der Waals surface area contributed by atoms with Crippen LogP contribution in [0.1, 0.15) is 19.8 Å². The molecule has 0 aliphatic carbocycles. The predicted octanol–water partition coefficient (Wildman–Crippen LogP) is 0.361. The zero-order valence-electron chi connectivity index (χ0n) is 11.4. The Balaban J connectivity index is 2.15. The SMILES string of the molecule is CCC(OC)C(=O)N1C[C@H]2COCC[C@@]2(C(=O)O)C1. The summed E-state index contributed by atoms with van der Waals surface area (Å²) < 4.78 is 10.5. The lowest BCUT2D eigenvalue weighted by atomic mass is 9.74. The normalized spacial score (nSPS) is 31.9. The first-order chi connectivity index (χ1) is 9.05. The topological polar surface area (TPSA) is 76.1 Å². The Morgan fingerprint density at radius 3 is 2.84 bits per heavy atom. The van der Waals surface area contributed by atoms with E-state index in [0.717, 1.165) is 0 Å². The standard InChI is InChI=1S/C13H21NO5/c1-3-10(18-2)11(15)14-6-9-7-19-5-4-13(9,8-14)12(16)17/h9-10H,3-8H2,1-2H3,(H,16,17)/t9-,10?,13+/m0/s1. The zero-order chi connectivity index (χ0) is 14.0. The summed E-state index contributed by atoms with van der Waals surface area (Å²) in [6.07, 6.45) is 0.583. The molecule has 2 fully saturated rings. The highest BCUT2D eigenvalue weighted by molar-refractivity contribution is 5.84. The maximum absolute atomic E-state index is 12.3. The molecule has 2 rings (SSSR count). The van der Waals surface area contributed by atoms with Gasteiger partial charge in [0.05, 0.1) is 12.0 Å². The molecule has 2 saturated heterocycles. The summed E-state index contributed by atoms with van der Waals surface area (Å²) in [4.78, 5) is 25.5. The Hall–Kier alpha value is -1.14. The van der Waals surface area contributed by atoms with E-state index in [4.69, 9.17) is 9.47 Å². The van der Waals surface area contributed by atoms with Crippen molar-refractivity contribution in [2.75, 3.05) is 33.4 Å². The number of likely N-dealkylation sites (tertiary alicyclic amines) is 1. The van der Waals surface area contributed by atoms with Crippen molar-refractivity contribution in [3.05, 3.63) is 0 Å². The van der Waals surface area contributed by atoms with Gasteiger partial charge in [0, 0.05) is 32.7 Å². The van der Waals surface area contributed by atoms with E-state index in [-0.39, 0.29) is 18.4 Å². The number of aliphatic carboxylic acids is 1. The van der Waals surface area contributed by atoms with Crippen LogP contribution in [0.4, 0.5) is 0 Å². The number of hydrogen-bond donors (Lipinski definition) is 1. The van der Waals surface area contributed by atoms with Gasteiger partial charge in [0.1, 0.15) is 6.10 Å². The fraction of sp³-hybridized carbons (Fsp3) is 0.846. The molecule has 6 heteroatoms. The molecule has 0 saturated carbocycles. The molecule has 0 bridgehead atoms. The van der Waals surface area contributed by atoms with Crippen LogP contribution in [0.15, 0.2) is 0 Å². The van der Waals surface area contributed by atoms with Gasteiger partial charge in [-0.3, -0.25) is 9.59 Å². The minimum absolute atomic E-state index is 0.111. The molecule has 0 spiro atoms. The highest BCUT2D eigenvalue weighted by Crippen LogP contribution is 2.42. The maximum Gasteiger partial charge on any atom is 0.311 e. The largest absolute Gasteiger partial charge is 0.481 e. The zero-order valence-corrected chi connectivity index (χ0v) is 11.4. The van der Waals surface area contributed by atoms with Crippen LogP contribution >= 0.6 is 0 Å². The van der Waals surface area contributed by atoms with E-state index in [1.807, 2.05) is 6.92 Å². The van der Waals surface area contributed by atoms with Gasteiger partial charge in [-0.15, -0.1) is 0 Å². The third-order valence-corrected chi connectivity index (χ3v) is 4.38. The second-order valence-electron chi connectivity index (χ2n) is 5.33. The molecule has 108 valence electrons. The molecular weight excluding hydrogens is 250 g/mol. The molecule has 0 radical (unpaired) electrons. The third-order valence-electron chi connectivity index (χ3n) is 4.38. The second-order valence-corrected chi connectivity index (χ2v) is 5.33. The summed E-state index contributed by atoms with van der Waals surface area (Å²) in [6.45, 7) is 3.47. The van der Waals surface area contributed by atoms with Gasteiger partial charge in [-0.05, 0) is 12.8 Å². The van der Waals surface area contributed by atoms with Crippen LogP contribution in [0, 0.1) is 11.3 Å². The van der Waals surface area contributed by atoms with Gasteiger partial charge >= 0.3 is 5.97 Å². The molecule has 1 unspecified atom stereocenters. The molecule has 2 aliphatic heterocycles. The minimum atomic E-state index is -0.833. The number of amides is 1. The molecule has 2 heterocycles. The number of ether oxygens (including phenoxy) is 2. The Morgan fingerprint density at radius 2 is 2.32 bits per heavy atom. The van der Waals surface area contributed by atoms with Gasteiger partial charge in [-0.2, -0.15) is 0 Å². The summed E-state index contributed by atoms with van der Waals surface area (Å²) in [5, 5.41) is 9.53. The smallest absolute Gasteiger partial charge is 0.311 e. The van der Waals surface area contributed by atoms with E-state index >= 15 is 0 Å². The van der Waals surface area contributed by atoms with Crippen molar-refractivity contribution >= 4 is 11.9 Å². The van der Waals surface area contributed by atoms with Crippen molar-refractivity contribution in [3.63, 3.8) is 0 Å². The third kappa shape index (κ3) is 2.34. The number of methoxy groups -OCH3 is 1. The van der Waals surface area contributed by atoms with Crippen LogP contribution in [0.3, 0.4) is 0 Å². The fourth-order valence-electron chi connectivity index (χ4n) is 3.11. The van der Waals surface area contributed by atoms with Crippen molar-refractivity contribution in [2.24, 2.45) is 11.3 Å². The molecule has 0 aromatic carbocycles. The number of carboxylic acid groups (broad SMARTS) is 1. The van der Waals surface area contributed by atoms with Crippen LogP contribution in [0.5, 0.6) is 0 Å². The average molecular weight is 271 g/mol. The van der Waals surface area contributed by atoms with Crippen LogP contribution in [-0.2, 0) is 19.1 Å². The van der Waals surface area contributed by atoms with Crippen LogP contribution < -0.4 is 0 Å². The summed E-state index contributed by atoms with van der Waals surface area (Å²) in [6, 6.07) is 0.